The van der Waals surface area contributed by atoms with E-state index in [2.05, 4.69) is 29.8 Å². The van der Waals surface area contributed by atoms with E-state index in [4.69, 9.17) is 47.4 Å². The van der Waals surface area contributed by atoms with E-state index in [-0.39, 0.29) is 6.42 Å². The molecule has 5 saturated heterocycles. The van der Waals surface area contributed by atoms with Crippen LogP contribution in [0.2, 0.25) is 0 Å². The molecule has 0 saturated carbocycles. The van der Waals surface area contributed by atoms with Gasteiger partial charge in [0.2, 0.25) is 17.7 Å². The van der Waals surface area contributed by atoms with Crippen molar-refractivity contribution in [2.45, 2.75) is 379 Å². The number of ketones is 1. The Morgan fingerprint density at radius 3 is 1.46 bits per heavy atom. The van der Waals surface area contributed by atoms with E-state index in [1.165, 1.54) is 76.7 Å². The standard InChI is InChI=1S/C75H131N3O34/c1-6-8-10-12-14-16-18-19-21-22-24-26-28-30-46(87)45(78-54(91)31-29-27-25-23-20-17-15-13-11-9-7-2)40-103-70-62(97)61(96)64(52(38-82)105-70)107-71-63(98)68(65(53(39-83)106-71)108-69-44(32-41(3)84)57(92)59(94)50(36-80)104-69)112-75(73(101)102)34-48(89)56(77-43(5)86)67(111-75)60(95)51(37-81)109-74(72(99)100)33-47(88)55(76-42(4)85)66(110-74)58(93)49(90)35-79/h28,30,44-53,55-71,79-83,87-90,92-98H,6-27,29,31-40H2,1-5H3,(H,76,85)(H,77,86)(H,78,91)(H,99,100)(H,101,102)/t44-,45+,46-,47+,48+,49-,50-,51-,52-,53-,55-,56-,57-,58-,59+,60-,61-,62-,63-,64-,65+,66?,67?,68-,69+,70-,71+,74-,75+/m1/s1. The number of rotatable bonds is 53. The monoisotopic (exact) mass is 1620 g/mol. The number of aliphatic hydroxyl groups excluding tert-OH is 16. The summed E-state index contributed by atoms with van der Waals surface area (Å²) in [6, 6.07) is -4.95. The van der Waals surface area contributed by atoms with Gasteiger partial charge in [0, 0.05) is 45.4 Å². The van der Waals surface area contributed by atoms with Crippen LogP contribution in [0.3, 0.4) is 0 Å². The first-order valence-electron chi connectivity index (χ1n) is 39.9. The SMILES string of the molecule is CCCCCCCCCCCCCC=C[C@@H](O)[C@H](CO[C@@H]1O[C@H](CO)[C@@H](O[C@@H]2O[C@H](CO)[C@H](O[C@@H]3O[C@H](CO)[C@H](O)[C@H](O)[C@H]3CC(C)=O)[C@H](O[C@]3(C(=O)O)C[C@H](O)[C@@H](NC(C)=O)C([C@H](O)[C@@H](CO)O[C@]4(C(=O)O)C[C@H](O)[C@@H](NC(C)=O)C([C@H](O)[C@H](O)CO)O4)O3)[C@H]2O)[C@H](O)[C@H]1O)NC(=O)CCCCCCCCCCCCC. The van der Waals surface area contributed by atoms with Crippen molar-refractivity contribution in [1.82, 2.24) is 16.0 Å². The number of carbonyl (C=O) groups is 6. The summed E-state index contributed by atoms with van der Waals surface area (Å²) in [6.45, 7) is 0.661. The summed E-state index contributed by atoms with van der Waals surface area (Å²) < 4.78 is 60.0. The van der Waals surface area contributed by atoms with Gasteiger partial charge in [0.25, 0.3) is 11.6 Å². The highest BCUT2D eigenvalue weighted by molar-refractivity contribution is 5.78. The number of amides is 3. The molecule has 29 atom stereocenters. The second-order valence-electron chi connectivity index (χ2n) is 30.4. The molecule has 37 heteroatoms. The minimum absolute atomic E-state index is 0.114. The Bertz CT molecular complexity index is 2780. The first-order chi connectivity index (χ1) is 53.3. The summed E-state index contributed by atoms with van der Waals surface area (Å²) in [5.74, 6) is -15.9. The summed E-state index contributed by atoms with van der Waals surface area (Å²) in [7, 11) is 0. The van der Waals surface area contributed by atoms with Crippen molar-refractivity contribution < 1.29 is 168 Å². The summed E-state index contributed by atoms with van der Waals surface area (Å²) >= 11 is 0. The molecule has 0 aromatic rings. The molecule has 5 heterocycles. The van der Waals surface area contributed by atoms with Crippen LogP contribution in [0.25, 0.3) is 0 Å². The third-order valence-electron chi connectivity index (χ3n) is 21.3. The molecule has 5 rings (SSSR count). The summed E-state index contributed by atoms with van der Waals surface area (Å²) in [5.41, 5.74) is 0. The Labute approximate surface area is 653 Å². The number of carboxylic acids is 2. The van der Waals surface area contributed by atoms with Crippen molar-refractivity contribution in [3.05, 3.63) is 12.2 Å². The number of ether oxygens (including phenoxy) is 10. The van der Waals surface area contributed by atoms with Gasteiger partial charge in [0.1, 0.15) is 103 Å². The fourth-order valence-electron chi connectivity index (χ4n) is 15.0. The molecule has 0 spiro atoms. The molecule has 0 aromatic heterocycles. The predicted molar refractivity (Wildman–Crippen MR) is 390 cm³/mol. The van der Waals surface area contributed by atoms with E-state index >= 15 is 0 Å². The van der Waals surface area contributed by atoms with Crippen molar-refractivity contribution in [3.8, 4) is 0 Å². The van der Waals surface area contributed by atoms with E-state index in [9.17, 15) is 121 Å². The van der Waals surface area contributed by atoms with Crippen molar-refractivity contribution in [3.63, 3.8) is 0 Å². The van der Waals surface area contributed by atoms with Gasteiger partial charge in [-0.15, -0.1) is 0 Å². The Morgan fingerprint density at radius 2 is 0.973 bits per heavy atom. The Kier molecular flexibility index (Phi) is 43.7. The maximum atomic E-state index is 14.2. The van der Waals surface area contributed by atoms with Crippen LogP contribution in [0, 0.1) is 5.92 Å². The minimum atomic E-state index is -3.57. The third-order valence-corrected chi connectivity index (χ3v) is 21.3. The van der Waals surface area contributed by atoms with E-state index in [0.29, 0.717) is 12.8 Å². The van der Waals surface area contributed by atoms with Crippen LogP contribution >= 0.6 is 0 Å². The second kappa shape index (κ2) is 49.8. The molecule has 5 aliphatic rings. The molecule has 650 valence electrons. The maximum Gasteiger partial charge on any atom is 0.364 e. The molecular weight excluding hydrogens is 1490 g/mol. The number of unbranched alkanes of at least 4 members (excludes halogenated alkanes) is 21. The lowest BCUT2D eigenvalue weighted by molar-refractivity contribution is -0.404. The van der Waals surface area contributed by atoms with Crippen molar-refractivity contribution in [1.29, 1.82) is 0 Å². The van der Waals surface area contributed by atoms with Crippen LogP contribution in [0.5, 0.6) is 0 Å². The van der Waals surface area contributed by atoms with Crippen LogP contribution in [0.15, 0.2) is 12.2 Å². The smallest absolute Gasteiger partial charge is 0.364 e. The van der Waals surface area contributed by atoms with Gasteiger partial charge in [-0.05, 0) is 26.2 Å². The van der Waals surface area contributed by atoms with Crippen LogP contribution in [0.4, 0.5) is 0 Å². The largest absolute Gasteiger partial charge is 0.477 e. The van der Waals surface area contributed by atoms with Gasteiger partial charge in [-0.1, -0.05) is 154 Å². The van der Waals surface area contributed by atoms with Crippen LogP contribution < -0.4 is 16.0 Å². The number of hydrogen-bond donors (Lipinski definition) is 21. The zero-order valence-corrected chi connectivity index (χ0v) is 65.2. The number of aliphatic carboxylic acids is 2. The quantitative estimate of drug-likeness (QED) is 0.0228. The number of Topliss-reactive ketones (excluding diaryl/α,β-unsaturated/α-hetero) is 1. The molecule has 0 aromatic carbocycles. The highest BCUT2D eigenvalue weighted by Gasteiger charge is 2.64. The average molecular weight is 1620 g/mol. The summed E-state index contributed by atoms with van der Waals surface area (Å²) in [6.07, 6.45) is -24.8. The molecule has 2 unspecified atom stereocenters. The first kappa shape index (κ1) is 98.3. The molecule has 21 N–H and O–H groups in total. The highest BCUT2D eigenvalue weighted by atomic mass is 16.8. The number of carboxylic acid groups (broad SMARTS) is 2. The van der Waals surface area contributed by atoms with Crippen molar-refractivity contribution in [2.24, 2.45) is 5.92 Å². The molecular formula is C75H131N3O34. The maximum absolute atomic E-state index is 14.2. The van der Waals surface area contributed by atoms with Gasteiger partial charge in [0.15, 0.2) is 18.9 Å². The fraction of sp³-hybridized carbons (Fsp3) is 0.893. The molecule has 3 amide bonds. The van der Waals surface area contributed by atoms with E-state index in [0.717, 1.165) is 85.0 Å². The molecule has 112 heavy (non-hydrogen) atoms. The first-order valence-corrected chi connectivity index (χ1v) is 39.9. The highest BCUT2D eigenvalue weighted by Crippen LogP contribution is 2.43. The van der Waals surface area contributed by atoms with Crippen LogP contribution in [-0.4, -0.2) is 338 Å². The Balaban J connectivity index is 1.47. The number of hydrogen-bond acceptors (Lipinski definition) is 32. The second-order valence-corrected chi connectivity index (χ2v) is 30.4. The summed E-state index contributed by atoms with van der Waals surface area (Å²) in [5, 5.41) is 210. The van der Waals surface area contributed by atoms with Gasteiger partial charge in [-0.25, -0.2) is 9.59 Å². The topological polar surface area (TPSA) is 595 Å². The molecule has 0 radical (unpaired) electrons. The molecule has 0 bridgehead atoms. The lowest BCUT2D eigenvalue weighted by Crippen LogP contribution is -2.72. The number of allylic oxidation sites excluding steroid dienone is 1. The van der Waals surface area contributed by atoms with Crippen molar-refractivity contribution >= 4 is 35.4 Å². The van der Waals surface area contributed by atoms with Gasteiger partial charge in [-0.3, -0.25) is 14.4 Å². The average Bonchev–Trinajstić information content (AvgIpc) is 0.750. The van der Waals surface area contributed by atoms with Gasteiger partial charge in [-0.2, -0.15) is 0 Å². The number of carbonyl (C=O) groups excluding carboxylic acids is 4. The number of nitrogens with one attached hydrogen (secondary N) is 3. The fourth-order valence-corrected chi connectivity index (χ4v) is 15.0. The molecule has 0 aliphatic carbocycles. The van der Waals surface area contributed by atoms with E-state index < -0.39 is 271 Å². The predicted octanol–water partition coefficient (Wildman–Crippen LogP) is -2.16. The zero-order valence-electron chi connectivity index (χ0n) is 65.2. The van der Waals surface area contributed by atoms with Gasteiger partial charge in [0.05, 0.1) is 82.2 Å². The minimum Gasteiger partial charge on any atom is -0.477 e. The Morgan fingerprint density at radius 1 is 0.509 bits per heavy atom. The van der Waals surface area contributed by atoms with Crippen molar-refractivity contribution in [2.75, 3.05) is 39.6 Å². The number of aliphatic hydroxyl groups is 16. The zero-order chi connectivity index (χ0) is 83.0. The van der Waals surface area contributed by atoms with E-state index in [1.807, 2.05) is 0 Å². The Hall–Kier alpha value is -4.28. The van der Waals surface area contributed by atoms with Gasteiger partial charge >= 0.3 is 11.9 Å². The molecule has 5 fully saturated rings. The van der Waals surface area contributed by atoms with Crippen LogP contribution in [0.1, 0.15) is 208 Å². The van der Waals surface area contributed by atoms with Gasteiger partial charge < -0.3 is 160 Å². The summed E-state index contributed by atoms with van der Waals surface area (Å²) in [4.78, 5) is 79.0. The lowest BCUT2D eigenvalue weighted by Gasteiger charge is -2.52. The normalized spacial score (nSPS) is 34.1. The third kappa shape index (κ3) is 28.8. The van der Waals surface area contributed by atoms with Crippen LogP contribution in [-0.2, 0) is 76.1 Å². The molecule has 5 aliphatic heterocycles. The lowest BCUT2D eigenvalue weighted by atomic mass is 9.86. The molecule has 37 nitrogen and oxygen atoms in total. The van der Waals surface area contributed by atoms with E-state index in [1.54, 1.807) is 6.08 Å².